The van der Waals surface area contributed by atoms with Gasteiger partial charge in [0.05, 0.1) is 13.2 Å². The van der Waals surface area contributed by atoms with Gasteiger partial charge >= 0.3 is 0 Å². The van der Waals surface area contributed by atoms with E-state index in [0.29, 0.717) is 6.04 Å². The van der Waals surface area contributed by atoms with Crippen molar-refractivity contribution in [1.29, 1.82) is 0 Å². The minimum Gasteiger partial charge on any atom is -0.497 e. The first-order valence-electron chi connectivity index (χ1n) is 11.8. The van der Waals surface area contributed by atoms with Gasteiger partial charge in [-0.05, 0) is 68.6 Å². The smallest absolute Gasteiger partial charge is 0.191 e. The molecule has 1 saturated heterocycles. The number of pyridine rings is 1. The van der Waals surface area contributed by atoms with Crippen LogP contribution in [0.4, 0.5) is 5.82 Å². The van der Waals surface area contributed by atoms with E-state index >= 15 is 0 Å². The Morgan fingerprint density at radius 3 is 2.50 bits per heavy atom. The first-order chi connectivity index (χ1) is 15.8. The van der Waals surface area contributed by atoms with Crippen LogP contribution in [0.15, 0.2) is 53.7 Å². The van der Waals surface area contributed by atoms with Crippen LogP contribution in [0.3, 0.4) is 0 Å². The number of likely N-dealkylation sites (tertiary alicyclic amines) is 1. The quantitative estimate of drug-likeness (QED) is 0.282. The molecule has 0 saturated carbocycles. The number of nitrogens with one attached hydrogen (secondary N) is 3. The predicted octanol–water partition coefficient (Wildman–Crippen LogP) is 3.67. The number of guanidine groups is 1. The van der Waals surface area contributed by atoms with Crippen molar-refractivity contribution in [3.63, 3.8) is 0 Å². The highest BCUT2D eigenvalue weighted by atomic mass is 16.5. The van der Waals surface area contributed by atoms with E-state index in [2.05, 4.69) is 55.1 Å². The summed E-state index contributed by atoms with van der Waals surface area (Å²) in [5.74, 6) is 2.69. The molecule has 1 aromatic carbocycles. The van der Waals surface area contributed by atoms with E-state index in [-0.39, 0.29) is 0 Å². The van der Waals surface area contributed by atoms with Crippen LogP contribution in [-0.2, 0) is 0 Å². The maximum atomic E-state index is 5.34. The van der Waals surface area contributed by atoms with Gasteiger partial charge in [-0.3, -0.25) is 9.89 Å². The molecule has 3 rings (SSSR count). The molecule has 2 aromatic rings. The van der Waals surface area contributed by atoms with Crippen molar-refractivity contribution in [3.05, 3.63) is 54.2 Å². The molecule has 7 heteroatoms. The van der Waals surface area contributed by atoms with Gasteiger partial charge in [-0.15, -0.1) is 0 Å². The average molecular weight is 439 g/mol. The van der Waals surface area contributed by atoms with E-state index in [4.69, 9.17) is 4.74 Å². The van der Waals surface area contributed by atoms with Gasteiger partial charge in [-0.25, -0.2) is 4.98 Å². The number of aromatic nitrogens is 1. The van der Waals surface area contributed by atoms with Gasteiger partial charge in [0.15, 0.2) is 5.96 Å². The van der Waals surface area contributed by atoms with Crippen LogP contribution in [-0.4, -0.2) is 62.7 Å². The third-order valence-electron chi connectivity index (χ3n) is 5.89. The Labute approximate surface area is 192 Å². The maximum Gasteiger partial charge on any atom is 0.191 e. The molecule has 0 amide bonds. The first-order valence-corrected chi connectivity index (χ1v) is 11.8. The van der Waals surface area contributed by atoms with Crippen LogP contribution in [0.2, 0.25) is 0 Å². The minimum absolute atomic E-state index is 0.322. The predicted molar refractivity (Wildman–Crippen MR) is 132 cm³/mol. The van der Waals surface area contributed by atoms with Crippen LogP contribution in [0.1, 0.15) is 43.7 Å². The fraction of sp³-hybridized carbons (Fsp3) is 0.520. The molecule has 32 heavy (non-hydrogen) atoms. The first kappa shape index (κ1) is 23.9. The normalized spacial score (nSPS) is 15.8. The Bertz CT molecular complexity index is 790. The lowest BCUT2D eigenvalue weighted by molar-refractivity contribution is 0.164. The van der Waals surface area contributed by atoms with Crippen molar-refractivity contribution in [1.82, 2.24) is 20.5 Å². The van der Waals surface area contributed by atoms with Crippen molar-refractivity contribution < 1.29 is 4.74 Å². The highest BCUT2D eigenvalue weighted by Gasteiger charge is 2.22. The number of rotatable bonds is 11. The molecule has 0 spiro atoms. The summed E-state index contributed by atoms with van der Waals surface area (Å²) in [5, 5.41) is 10.4. The lowest BCUT2D eigenvalue weighted by Crippen LogP contribution is -2.44. The number of benzene rings is 1. The number of unbranched alkanes of at least 4 members (excludes halogenated alkanes) is 1. The van der Waals surface area contributed by atoms with Gasteiger partial charge in [0, 0.05) is 32.9 Å². The van der Waals surface area contributed by atoms with Gasteiger partial charge in [0.1, 0.15) is 11.6 Å². The molecule has 174 valence electrons. The molecule has 1 aromatic heterocycles. The number of ether oxygens (including phenoxy) is 1. The molecule has 2 heterocycles. The van der Waals surface area contributed by atoms with E-state index in [1.165, 1.54) is 24.8 Å². The van der Waals surface area contributed by atoms with E-state index < -0.39 is 0 Å². The highest BCUT2D eigenvalue weighted by molar-refractivity contribution is 5.79. The third kappa shape index (κ3) is 7.71. The van der Waals surface area contributed by atoms with E-state index in [1.807, 2.05) is 31.4 Å². The highest BCUT2D eigenvalue weighted by Crippen LogP contribution is 2.25. The molecule has 7 nitrogen and oxygen atoms in total. The van der Waals surface area contributed by atoms with Crippen LogP contribution < -0.4 is 20.7 Å². The SMILES string of the molecule is CN=C(NCCCCNc1ccccn1)NCC(c1ccc(OC)cc1)N1CCCCC1. The standard InChI is InChI=1S/C25H38N6O/c1-26-25(29-17-7-6-16-28-24-10-4-5-15-27-24)30-20-23(31-18-8-3-9-19-31)21-11-13-22(32-2)14-12-21/h4-5,10-15,23H,3,6-9,16-20H2,1-2H3,(H,27,28)(H2,26,29,30). The van der Waals surface area contributed by atoms with Gasteiger partial charge in [0.25, 0.3) is 0 Å². The Hall–Kier alpha value is -2.80. The second-order valence-corrected chi connectivity index (χ2v) is 8.11. The minimum atomic E-state index is 0.322. The Balaban J connectivity index is 1.44. The van der Waals surface area contributed by atoms with Crippen molar-refractivity contribution >= 4 is 11.8 Å². The summed E-state index contributed by atoms with van der Waals surface area (Å²) in [7, 11) is 3.55. The second-order valence-electron chi connectivity index (χ2n) is 8.11. The molecule has 1 atom stereocenters. The van der Waals surface area contributed by atoms with Crippen LogP contribution in [0.5, 0.6) is 5.75 Å². The second kappa shape index (κ2) is 13.6. The lowest BCUT2D eigenvalue weighted by atomic mass is 10.0. The topological polar surface area (TPSA) is 73.8 Å². The summed E-state index contributed by atoms with van der Waals surface area (Å²) >= 11 is 0. The number of anilines is 1. The molecule has 3 N–H and O–H groups in total. The fourth-order valence-corrected chi connectivity index (χ4v) is 4.07. The van der Waals surface area contributed by atoms with Crippen molar-refractivity contribution in [3.8, 4) is 5.75 Å². The molecule has 1 fully saturated rings. The largest absolute Gasteiger partial charge is 0.497 e. The van der Waals surface area contributed by atoms with Gasteiger partial charge in [-0.2, -0.15) is 0 Å². The zero-order chi connectivity index (χ0) is 22.4. The molecule has 1 aliphatic heterocycles. The summed E-state index contributed by atoms with van der Waals surface area (Å²) in [6, 6.07) is 14.7. The average Bonchev–Trinajstić information content (AvgIpc) is 2.86. The number of hydrogen-bond acceptors (Lipinski definition) is 5. The van der Waals surface area contributed by atoms with E-state index in [1.54, 1.807) is 7.11 Å². The number of methoxy groups -OCH3 is 1. The number of nitrogens with zero attached hydrogens (tertiary/aromatic N) is 3. The fourth-order valence-electron chi connectivity index (χ4n) is 4.07. The van der Waals surface area contributed by atoms with Crippen LogP contribution >= 0.6 is 0 Å². The van der Waals surface area contributed by atoms with Crippen LogP contribution in [0, 0.1) is 0 Å². The molecule has 0 bridgehead atoms. The maximum absolute atomic E-state index is 5.34. The molecule has 1 aliphatic rings. The lowest BCUT2D eigenvalue weighted by Gasteiger charge is -2.35. The molecule has 0 radical (unpaired) electrons. The van der Waals surface area contributed by atoms with Gasteiger partial charge in [0.2, 0.25) is 0 Å². The van der Waals surface area contributed by atoms with Crippen molar-refractivity contribution in [2.45, 2.75) is 38.1 Å². The molecular formula is C25H38N6O. The van der Waals surface area contributed by atoms with Crippen molar-refractivity contribution in [2.24, 2.45) is 4.99 Å². The summed E-state index contributed by atoms with van der Waals surface area (Å²) in [6.07, 6.45) is 7.82. The summed E-state index contributed by atoms with van der Waals surface area (Å²) in [6.45, 7) is 4.92. The van der Waals surface area contributed by atoms with Crippen molar-refractivity contribution in [2.75, 3.05) is 52.2 Å². The zero-order valence-corrected chi connectivity index (χ0v) is 19.5. The van der Waals surface area contributed by atoms with Gasteiger partial charge in [-0.1, -0.05) is 24.6 Å². The Kier molecular flexibility index (Phi) is 10.1. The summed E-state index contributed by atoms with van der Waals surface area (Å²) in [5.41, 5.74) is 1.32. The molecular weight excluding hydrogens is 400 g/mol. The molecule has 1 unspecified atom stereocenters. The third-order valence-corrected chi connectivity index (χ3v) is 5.89. The zero-order valence-electron chi connectivity index (χ0n) is 19.5. The van der Waals surface area contributed by atoms with Crippen LogP contribution in [0.25, 0.3) is 0 Å². The monoisotopic (exact) mass is 438 g/mol. The summed E-state index contributed by atoms with van der Waals surface area (Å²) < 4.78 is 5.34. The van der Waals surface area contributed by atoms with E-state index in [0.717, 1.165) is 63.1 Å². The van der Waals surface area contributed by atoms with E-state index in [9.17, 15) is 0 Å². The number of hydrogen-bond donors (Lipinski definition) is 3. The van der Waals surface area contributed by atoms with Gasteiger partial charge < -0.3 is 20.7 Å². The summed E-state index contributed by atoms with van der Waals surface area (Å²) in [4.78, 5) is 11.3. The Morgan fingerprint density at radius 1 is 1.03 bits per heavy atom. The number of aliphatic imine (C=N–C) groups is 1. The number of piperidine rings is 1. The molecule has 0 aliphatic carbocycles. The Morgan fingerprint density at radius 2 is 1.81 bits per heavy atom.